The Morgan fingerprint density at radius 2 is 1.72 bits per heavy atom. The van der Waals surface area contributed by atoms with Crippen molar-refractivity contribution in [1.29, 1.82) is 0 Å². The molecular weight excluding hydrogens is 322 g/mol. The van der Waals surface area contributed by atoms with Crippen molar-refractivity contribution in [3.63, 3.8) is 0 Å². The molecule has 0 fully saturated rings. The molecule has 0 unspecified atom stereocenters. The summed E-state index contributed by atoms with van der Waals surface area (Å²) in [6.45, 7) is 0. The van der Waals surface area contributed by atoms with E-state index in [2.05, 4.69) is 4.98 Å². The number of aryl methyl sites for hydroxylation is 1. The Labute approximate surface area is 140 Å². The van der Waals surface area contributed by atoms with Gasteiger partial charge in [-0.05, 0) is 24.3 Å². The summed E-state index contributed by atoms with van der Waals surface area (Å²) >= 11 is 0. The summed E-state index contributed by atoms with van der Waals surface area (Å²) in [5, 5.41) is 1.07. The van der Waals surface area contributed by atoms with Gasteiger partial charge in [0, 0.05) is 19.5 Å². The summed E-state index contributed by atoms with van der Waals surface area (Å²) in [6, 6.07) is 12.0. The van der Waals surface area contributed by atoms with Gasteiger partial charge in [0.2, 0.25) is 0 Å². The normalized spacial score (nSPS) is 11.3. The number of rotatable bonds is 1. The SMILES string of the molecule is Cn1c(=O)c2ccc(-c3cc4ccccc4oc3=O)nc2n(C)c1=O. The van der Waals surface area contributed by atoms with Crippen LogP contribution in [0.5, 0.6) is 0 Å². The highest BCUT2D eigenvalue weighted by atomic mass is 16.4. The standard InChI is InChI=1S/C18H13N3O4/c1-20-15-11(16(22)21(2)18(20)24)7-8-13(19-15)12-9-10-5-3-4-6-14(10)25-17(12)23/h3-9H,1-2H3. The molecule has 1 aromatic carbocycles. The molecule has 25 heavy (non-hydrogen) atoms. The highest BCUT2D eigenvalue weighted by Gasteiger charge is 2.14. The van der Waals surface area contributed by atoms with Crippen LogP contribution in [0, 0.1) is 0 Å². The fourth-order valence-corrected chi connectivity index (χ4v) is 2.84. The van der Waals surface area contributed by atoms with E-state index in [0.717, 1.165) is 9.95 Å². The zero-order valence-corrected chi connectivity index (χ0v) is 13.5. The predicted molar refractivity (Wildman–Crippen MR) is 93.7 cm³/mol. The molecule has 0 spiro atoms. The number of nitrogens with zero attached hydrogens (tertiary/aromatic N) is 3. The molecule has 124 valence electrons. The Morgan fingerprint density at radius 3 is 2.52 bits per heavy atom. The van der Waals surface area contributed by atoms with Gasteiger partial charge < -0.3 is 4.42 Å². The lowest BCUT2D eigenvalue weighted by Gasteiger charge is -2.08. The maximum atomic E-state index is 12.3. The van der Waals surface area contributed by atoms with Gasteiger partial charge in [-0.15, -0.1) is 0 Å². The van der Waals surface area contributed by atoms with Gasteiger partial charge in [0.25, 0.3) is 5.56 Å². The number of pyridine rings is 1. The summed E-state index contributed by atoms with van der Waals surface area (Å²) in [7, 11) is 2.94. The number of aromatic nitrogens is 3. The van der Waals surface area contributed by atoms with E-state index >= 15 is 0 Å². The first-order valence-corrected chi connectivity index (χ1v) is 7.57. The maximum Gasteiger partial charge on any atom is 0.345 e. The zero-order chi connectivity index (χ0) is 17.7. The lowest BCUT2D eigenvalue weighted by molar-refractivity contribution is 0.563. The van der Waals surface area contributed by atoms with E-state index < -0.39 is 16.9 Å². The minimum Gasteiger partial charge on any atom is -0.422 e. The number of para-hydroxylation sites is 1. The molecule has 0 amide bonds. The van der Waals surface area contributed by atoms with Crippen LogP contribution in [0.25, 0.3) is 33.3 Å². The molecule has 7 nitrogen and oxygen atoms in total. The molecule has 4 rings (SSSR count). The summed E-state index contributed by atoms with van der Waals surface area (Å²) in [5.74, 6) is 0. The highest BCUT2D eigenvalue weighted by molar-refractivity contribution is 5.83. The molecule has 0 saturated heterocycles. The predicted octanol–water partition coefficient (Wildman–Crippen LogP) is 1.41. The summed E-state index contributed by atoms with van der Waals surface area (Å²) in [5.41, 5.74) is -0.116. The second kappa shape index (κ2) is 5.27. The smallest absolute Gasteiger partial charge is 0.345 e. The van der Waals surface area contributed by atoms with Gasteiger partial charge in [0.05, 0.1) is 16.6 Å². The van der Waals surface area contributed by atoms with Crippen LogP contribution in [0.15, 0.2) is 61.3 Å². The third-order valence-electron chi connectivity index (χ3n) is 4.22. The molecule has 0 aliphatic rings. The van der Waals surface area contributed by atoms with Gasteiger partial charge in [-0.1, -0.05) is 18.2 Å². The monoisotopic (exact) mass is 335 g/mol. The molecular formula is C18H13N3O4. The molecule has 0 radical (unpaired) electrons. The van der Waals surface area contributed by atoms with Gasteiger partial charge in [-0.25, -0.2) is 14.6 Å². The van der Waals surface area contributed by atoms with E-state index in [-0.39, 0.29) is 11.2 Å². The van der Waals surface area contributed by atoms with Crippen molar-refractivity contribution in [1.82, 2.24) is 14.1 Å². The van der Waals surface area contributed by atoms with Crippen molar-refractivity contribution >= 4 is 22.0 Å². The lowest BCUT2D eigenvalue weighted by Crippen LogP contribution is -2.37. The van der Waals surface area contributed by atoms with Crippen LogP contribution in [0.3, 0.4) is 0 Å². The first-order valence-electron chi connectivity index (χ1n) is 7.57. The minimum atomic E-state index is -0.528. The fourth-order valence-electron chi connectivity index (χ4n) is 2.84. The van der Waals surface area contributed by atoms with Crippen LogP contribution in [-0.4, -0.2) is 14.1 Å². The summed E-state index contributed by atoms with van der Waals surface area (Å²) in [4.78, 5) is 41.0. The van der Waals surface area contributed by atoms with Crippen molar-refractivity contribution < 1.29 is 4.42 Å². The quantitative estimate of drug-likeness (QED) is 0.491. The van der Waals surface area contributed by atoms with Crippen molar-refractivity contribution in [3.8, 4) is 11.3 Å². The first-order chi connectivity index (χ1) is 12.0. The van der Waals surface area contributed by atoms with E-state index in [9.17, 15) is 14.4 Å². The van der Waals surface area contributed by atoms with Crippen LogP contribution in [0.4, 0.5) is 0 Å². The Balaban J connectivity index is 2.06. The third kappa shape index (κ3) is 2.20. The molecule has 3 heterocycles. The molecule has 4 aromatic rings. The third-order valence-corrected chi connectivity index (χ3v) is 4.22. The Morgan fingerprint density at radius 1 is 0.960 bits per heavy atom. The molecule has 0 bridgehead atoms. The van der Waals surface area contributed by atoms with E-state index in [4.69, 9.17) is 4.42 Å². The Hall–Kier alpha value is -3.48. The minimum absolute atomic E-state index is 0.221. The second-order valence-corrected chi connectivity index (χ2v) is 5.76. The summed E-state index contributed by atoms with van der Waals surface area (Å²) in [6.07, 6.45) is 0. The number of hydrogen-bond donors (Lipinski definition) is 0. The van der Waals surface area contributed by atoms with Crippen LogP contribution < -0.4 is 16.9 Å². The highest BCUT2D eigenvalue weighted by Crippen LogP contribution is 2.20. The summed E-state index contributed by atoms with van der Waals surface area (Å²) < 4.78 is 7.63. The van der Waals surface area contributed by atoms with Gasteiger partial charge in [-0.2, -0.15) is 0 Å². The van der Waals surface area contributed by atoms with Gasteiger partial charge in [-0.3, -0.25) is 13.9 Å². The molecule has 0 aliphatic heterocycles. The van der Waals surface area contributed by atoms with Crippen LogP contribution >= 0.6 is 0 Å². The van der Waals surface area contributed by atoms with E-state index in [1.165, 1.54) is 18.7 Å². The molecule has 3 aromatic heterocycles. The number of benzene rings is 1. The van der Waals surface area contributed by atoms with Crippen LogP contribution in [0.1, 0.15) is 0 Å². The molecule has 0 N–H and O–H groups in total. The van der Waals surface area contributed by atoms with Crippen molar-refractivity contribution in [2.75, 3.05) is 0 Å². The van der Waals surface area contributed by atoms with Crippen LogP contribution in [-0.2, 0) is 14.1 Å². The number of hydrogen-bond acceptors (Lipinski definition) is 5. The van der Waals surface area contributed by atoms with Crippen molar-refractivity contribution in [2.24, 2.45) is 14.1 Å². The molecule has 0 aliphatic carbocycles. The van der Waals surface area contributed by atoms with Gasteiger partial charge in [0.1, 0.15) is 11.2 Å². The Kier molecular flexibility index (Phi) is 3.18. The van der Waals surface area contributed by atoms with Crippen molar-refractivity contribution in [2.45, 2.75) is 0 Å². The second-order valence-electron chi connectivity index (χ2n) is 5.76. The topological polar surface area (TPSA) is 87.1 Å². The molecule has 0 atom stereocenters. The first kappa shape index (κ1) is 15.1. The number of fused-ring (bicyclic) bond motifs is 2. The van der Waals surface area contributed by atoms with E-state index in [1.54, 1.807) is 30.3 Å². The molecule has 0 saturated carbocycles. The van der Waals surface area contributed by atoms with Gasteiger partial charge >= 0.3 is 11.3 Å². The maximum absolute atomic E-state index is 12.3. The van der Waals surface area contributed by atoms with Gasteiger partial charge in [0.15, 0.2) is 0 Å². The zero-order valence-electron chi connectivity index (χ0n) is 13.5. The average Bonchev–Trinajstić information content (AvgIpc) is 2.63. The van der Waals surface area contributed by atoms with Crippen LogP contribution in [0.2, 0.25) is 0 Å². The molecule has 7 heteroatoms. The van der Waals surface area contributed by atoms with E-state index in [1.807, 2.05) is 12.1 Å². The van der Waals surface area contributed by atoms with E-state index in [0.29, 0.717) is 16.7 Å². The lowest BCUT2D eigenvalue weighted by atomic mass is 10.1. The largest absolute Gasteiger partial charge is 0.422 e. The van der Waals surface area contributed by atoms with Crippen molar-refractivity contribution in [3.05, 3.63) is 73.7 Å². The fraction of sp³-hybridized carbons (Fsp3) is 0.111. The Bertz CT molecular complexity index is 1330. The average molecular weight is 335 g/mol.